The van der Waals surface area contributed by atoms with E-state index in [0.717, 1.165) is 5.56 Å². The lowest BCUT2D eigenvalue weighted by molar-refractivity contribution is -0.253. The lowest BCUT2D eigenvalue weighted by Crippen LogP contribution is -2.17. The largest absolute Gasteiger partial charge is 0.478 e. The van der Waals surface area contributed by atoms with E-state index in [9.17, 15) is 19.5 Å². The minimum absolute atomic E-state index is 0.0395. The SMILES string of the molecule is CNOCc1cc(-c2ccc(C(=O)O)c(C(=O)Nc3cc(NC)cc(C(C)=O)c3)c2)ccc1COO. The van der Waals surface area contributed by atoms with E-state index in [1.165, 1.54) is 25.1 Å². The summed E-state index contributed by atoms with van der Waals surface area (Å²) in [5.41, 5.74) is 6.45. The number of carbonyl (C=O) groups excluding carboxylic acids is 2. The van der Waals surface area contributed by atoms with E-state index in [4.69, 9.17) is 10.1 Å². The fraction of sp³-hybridized carbons (Fsp3) is 0.192. The average molecular weight is 494 g/mol. The third kappa shape index (κ3) is 6.32. The van der Waals surface area contributed by atoms with E-state index in [1.54, 1.807) is 50.5 Å². The number of anilines is 2. The highest BCUT2D eigenvalue weighted by Crippen LogP contribution is 2.27. The first kappa shape index (κ1) is 26.5. The van der Waals surface area contributed by atoms with Crippen molar-refractivity contribution in [2.75, 3.05) is 24.7 Å². The molecule has 36 heavy (non-hydrogen) atoms. The monoisotopic (exact) mass is 493 g/mol. The van der Waals surface area contributed by atoms with Crippen molar-refractivity contribution >= 4 is 29.0 Å². The van der Waals surface area contributed by atoms with Crippen LogP contribution in [0.4, 0.5) is 11.4 Å². The molecule has 3 aromatic carbocycles. The molecule has 0 heterocycles. The topological polar surface area (TPSA) is 146 Å². The van der Waals surface area contributed by atoms with Crippen LogP contribution >= 0.6 is 0 Å². The summed E-state index contributed by atoms with van der Waals surface area (Å²) in [4.78, 5) is 46.5. The van der Waals surface area contributed by atoms with Crippen LogP contribution in [0.15, 0.2) is 54.6 Å². The van der Waals surface area contributed by atoms with Crippen LogP contribution in [0.1, 0.15) is 49.1 Å². The Bertz CT molecular complexity index is 1290. The predicted molar refractivity (Wildman–Crippen MR) is 134 cm³/mol. The van der Waals surface area contributed by atoms with Gasteiger partial charge in [0, 0.05) is 31.0 Å². The molecule has 10 heteroatoms. The van der Waals surface area contributed by atoms with Gasteiger partial charge in [-0.2, -0.15) is 0 Å². The highest BCUT2D eigenvalue weighted by atomic mass is 17.1. The Morgan fingerprint density at radius 2 is 1.53 bits per heavy atom. The molecule has 0 saturated heterocycles. The molecule has 0 bridgehead atoms. The van der Waals surface area contributed by atoms with E-state index in [1.807, 2.05) is 0 Å². The number of Topliss-reactive ketones (excluding diaryl/α,β-unsaturated/α-hetero) is 1. The van der Waals surface area contributed by atoms with Gasteiger partial charge in [0.1, 0.15) is 6.61 Å². The molecule has 188 valence electrons. The third-order valence-electron chi connectivity index (χ3n) is 5.51. The summed E-state index contributed by atoms with van der Waals surface area (Å²) in [6, 6.07) is 14.6. The molecular formula is C26H27N3O7. The van der Waals surface area contributed by atoms with Crippen molar-refractivity contribution in [1.29, 1.82) is 0 Å². The maximum Gasteiger partial charge on any atom is 0.336 e. The van der Waals surface area contributed by atoms with Crippen molar-refractivity contribution in [2.24, 2.45) is 0 Å². The highest BCUT2D eigenvalue weighted by molar-refractivity contribution is 6.12. The Morgan fingerprint density at radius 1 is 0.833 bits per heavy atom. The molecule has 0 saturated carbocycles. The molecule has 0 aliphatic rings. The van der Waals surface area contributed by atoms with Crippen molar-refractivity contribution in [1.82, 2.24) is 5.48 Å². The predicted octanol–water partition coefficient (Wildman–Crippen LogP) is 4.19. The minimum atomic E-state index is -1.25. The quantitative estimate of drug-likeness (QED) is 0.151. The standard InChI is InChI=1S/C26H27N3O7/c1-15(30)19-9-21(27-2)12-22(10-19)29-25(31)24-11-17(6-7-23(24)26(32)33)16-4-5-18(14-36-34)20(8-16)13-35-28-3/h4-12,27-28,34H,13-14H2,1-3H3,(H,29,31)(H,32,33). The number of carbonyl (C=O) groups is 3. The number of amides is 1. The van der Waals surface area contributed by atoms with Crippen molar-refractivity contribution < 1.29 is 34.5 Å². The number of hydrogen-bond donors (Lipinski definition) is 5. The number of benzene rings is 3. The van der Waals surface area contributed by atoms with Gasteiger partial charge in [-0.25, -0.2) is 15.2 Å². The van der Waals surface area contributed by atoms with Crippen molar-refractivity contribution in [3.63, 3.8) is 0 Å². The van der Waals surface area contributed by atoms with Gasteiger partial charge in [0.25, 0.3) is 5.91 Å². The minimum Gasteiger partial charge on any atom is -0.478 e. The summed E-state index contributed by atoms with van der Waals surface area (Å²) in [5.74, 6) is -2.07. The second-order valence-electron chi connectivity index (χ2n) is 7.87. The van der Waals surface area contributed by atoms with E-state index in [-0.39, 0.29) is 30.1 Å². The molecule has 10 nitrogen and oxygen atoms in total. The second-order valence-corrected chi connectivity index (χ2v) is 7.87. The number of rotatable bonds is 11. The first-order chi connectivity index (χ1) is 17.3. The molecule has 5 N–H and O–H groups in total. The summed E-state index contributed by atoms with van der Waals surface area (Å²) < 4.78 is 0. The summed E-state index contributed by atoms with van der Waals surface area (Å²) in [5, 5.41) is 24.2. The molecule has 0 aliphatic heterocycles. The molecule has 0 spiro atoms. The normalized spacial score (nSPS) is 10.7. The summed E-state index contributed by atoms with van der Waals surface area (Å²) in [7, 11) is 3.30. The van der Waals surface area contributed by atoms with Gasteiger partial charge in [0.05, 0.1) is 17.7 Å². The number of ketones is 1. The Morgan fingerprint density at radius 3 is 2.17 bits per heavy atom. The van der Waals surface area contributed by atoms with Gasteiger partial charge in [0.15, 0.2) is 5.78 Å². The van der Waals surface area contributed by atoms with E-state index >= 15 is 0 Å². The van der Waals surface area contributed by atoms with E-state index in [2.05, 4.69) is 21.0 Å². The number of nitrogens with one attached hydrogen (secondary N) is 3. The van der Waals surface area contributed by atoms with Crippen LogP contribution in [0.25, 0.3) is 11.1 Å². The van der Waals surface area contributed by atoms with Gasteiger partial charge in [-0.15, -0.1) is 0 Å². The third-order valence-corrected chi connectivity index (χ3v) is 5.51. The van der Waals surface area contributed by atoms with Gasteiger partial charge < -0.3 is 15.7 Å². The smallest absolute Gasteiger partial charge is 0.336 e. The molecule has 0 aliphatic carbocycles. The average Bonchev–Trinajstić information content (AvgIpc) is 2.87. The van der Waals surface area contributed by atoms with Gasteiger partial charge in [-0.05, 0) is 65.6 Å². The Balaban J connectivity index is 2.02. The Labute approximate surface area is 207 Å². The number of carboxylic acids is 1. The van der Waals surface area contributed by atoms with Crippen LogP contribution < -0.4 is 16.1 Å². The molecule has 1 amide bonds. The van der Waals surface area contributed by atoms with Crippen molar-refractivity contribution in [3.8, 4) is 11.1 Å². The molecule has 3 rings (SSSR count). The first-order valence-corrected chi connectivity index (χ1v) is 11.0. The molecule has 0 aromatic heterocycles. The van der Waals surface area contributed by atoms with E-state index < -0.39 is 11.9 Å². The fourth-order valence-corrected chi connectivity index (χ4v) is 3.64. The Hall–Kier alpha value is -4.09. The Kier molecular flexibility index (Phi) is 8.87. The van der Waals surface area contributed by atoms with Gasteiger partial charge in [-0.1, -0.05) is 18.2 Å². The maximum atomic E-state index is 13.2. The summed E-state index contributed by atoms with van der Waals surface area (Å²) in [6.07, 6.45) is 0. The van der Waals surface area contributed by atoms with E-state index in [0.29, 0.717) is 33.6 Å². The zero-order valence-electron chi connectivity index (χ0n) is 20.0. The summed E-state index contributed by atoms with van der Waals surface area (Å²) in [6.45, 7) is 1.56. The van der Waals surface area contributed by atoms with Crippen LogP contribution in [0.2, 0.25) is 0 Å². The molecule has 0 fully saturated rings. The van der Waals surface area contributed by atoms with Crippen LogP contribution in [-0.4, -0.2) is 42.1 Å². The van der Waals surface area contributed by atoms with Crippen molar-refractivity contribution in [2.45, 2.75) is 20.1 Å². The lowest BCUT2D eigenvalue weighted by Gasteiger charge is -2.14. The van der Waals surface area contributed by atoms with Gasteiger partial charge >= 0.3 is 5.97 Å². The number of hydroxylamine groups is 1. The summed E-state index contributed by atoms with van der Waals surface area (Å²) >= 11 is 0. The zero-order valence-corrected chi connectivity index (χ0v) is 20.0. The zero-order chi connectivity index (χ0) is 26.2. The van der Waals surface area contributed by atoms with Crippen molar-refractivity contribution in [3.05, 3.63) is 82.4 Å². The number of carboxylic acid groups (broad SMARTS) is 1. The molecule has 0 unspecified atom stereocenters. The van der Waals surface area contributed by atoms with Crippen LogP contribution in [0.3, 0.4) is 0 Å². The maximum absolute atomic E-state index is 13.2. The van der Waals surface area contributed by atoms with Crippen LogP contribution in [0, 0.1) is 0 Å². The first-order valence-electron chi connectivity index (χ1n) is 11.0. The fourth-order valence-electron chi connectivity index (χ4n) is 3.64. The van der Waals surface area contributed by atoms with Gasteiger partial charge in [-0.3, -0.25) is 19.7 Å². The molecule has 0 radical (unpaired) electrons. The van der Waals surface area contributed by atoms with Gasteiger partial charge in [0.2, 0.25) is 0 Å². The highest BCUT2D eigenvalue weighted by Gasteiger charge is 2.19. The molecule has 3 aromatic rings. The number of aromatic carboxylic acids is 1. The molecular weight excluding hydrogens is 466 g/mol. The van der Waals surface area contributed by atoms with Crippen LogP contribution in [0.5, 0.6) is 0 Å². The second kappa shape index (κ2) is 12.0. The lowest BCUT2D eigenvalue weighted by atomic mass is 9.95. The number of hydrogen-bond acceptors (Lipinski definition) is 8. The molecule has 0 atom stereocenters. The van der Waals surface area contributed by atoms with Crippen LogP contribution in [-0.2, 0) is 22.9 Å².